The van der Waals surface area contributed by atoms with Crippen molar-refractivity contribution >= 4 is 45.7 Å². The number of benzene rings is 1. The molecule has 0 unspecified atom stereocenters. The van der Waals surface area contributed by atoms with Crippen LogP contribution in [0.1, 0.15) is 45.0 Å². The fraction of sp³-hybridized carbons (Fsp3) is 0.316. The summed E-state index contributed by atoms with van der Waals surface area (Å²) in [4.78, 5) is 39.5. The van der Waals surface area contributed by atoms with Crippen LogP contribution in [-0.2, 0) is 22.5 Å². The zero-order valence-corrected chi connectivity index (χ0v) is 16.6. The standard InChI is InChI=1S/C19H19ClN2O4S/c1-3-26-19(25)16-13-8-9-22(11(2)23)10-15(13)27-18(16)21-17(24)12-6-4-5-7-14(12)20/h4-7H,3,8-10H2,1-2H3,(H,21,24). The SMILES string of the molecule is CCOC(=O)c1c(NC(=O)c2ccccc2Cl)sc2c1CCN(C(C)=O)C2. The number of esters is 1. The molecular weight excluding hydrogens is 388 g/mol. The summed E-state index contributed by atoms with van der Waals surface area (Å²) in [6.07, 6.45) is 0.543. The number of rotatable bonds is 4. The van der Waals surface area contributed by atoms with Crippen molar-refractivity contribution in [2.75, 3.05) is 18.5 Å². The number of carbonyl (C=O) groups is 3. The lowest BCUT2D eigenvalue weighted by Crippen LogP contribution is -2.34. The second-order valence-electron chi connectivity index (χ2n) is 6.05. The number of ether oxygens (including phenoxy) is 1. The molecular formula is C19H19ClN2O4S. The van der Waals surface area contributed by atoms with Crippen LogP contribution in [0.3, 0.4) is 0 Å². The van der Waals surface area contributed by atoms with E-state index in [1.165, 1.54) is 18.3 Å². The fourth-order valence-corrected chi connectivity index (χ4v) is 4.46. The van der Waals surface area contributed by atoms with E-state index in [2.05, 4.69) is 5.32 Å². The first-order chi connectivity index (χ1) is 12.9. The van der Waals surface area contributed by atoms with Crippen LogP contribution >= 0.6 is 22.9 Å². The Balaban J connectivity index is 1.97. The molecule has 0 spiro atoms. The van der Waals surface area contributed by atoms with Crippen LogP contribution in [0.2, 0.25) is 5.02 Å². The lowest BCUT2D eigenvalue weighted by Gasteiger charge is -2.25. The van der Waals surface area contributed by atoms with E-state index >= 15 is 0 Å². The molecule has 0 fully saturated rings. The summed E-state index contributed by atoms with van der Waals surface area (Å²) in [5.41, 5.74) is 1.54. The number of carbonyl (C=O) groups excluding carboxylic acids is 3. The van der Waals surface area contributed by atoms with Gasteiger partial charge in [-0.25, -0.2) is 4.79 Å². The monoisotopic (exact) mass is 406 g/mol. The third-order valence-corrected chi connectivity index (χ3v) is 5.79. The van der Waals surface area contributed by atoms with E-state index in [0.29, 0.717) is 40.7 Å². The highest BCUT2D eigenvalue weighted by molar-refractivity contribution is 7.17. The molecule has 0 saturated heterocycles. The van der Waals surface area contributed by atoms with Crippen molar-refractivity contribution in [3.63, 3.8) is 0 Å². The Kier molecular flexibility index (Phi) is 5.82. The molecule has 2 heterocycles. The number of fused-ring (bicyclic) bond motifs is 1. The number of hydrogen-bond acceptors (Lipinski definition) is 5. The van der Waals surface area contributed by atoms with Gasteiger partial charge in [0.25, 0.3) is 5.91 Å². The topological polar surface area (TPSA) is 75.7 Å². The molecule has 27 heavy (non-hydrogen) atoms. The first-order valence-corrected chi connectivity index (χ1v) is 9.74. The summed E-state index contributed by atoms with van der Waals surface area (Å²) in [6.45, 7) is 4.44. The average Bonchev–Trinajstić information content (AvgIpc) is 2.99. The third-order valence-electron chi connectivity index (χ3n) is 4.33. The molecule has 1 N–H and O–H groups in total. The average molecular weight is 407 g/mol. The van der Waals surface area contributed by atoms with E-state index in [0.717, 1.165) is 10.4 Å². The highest BCUT2D eigenvalue weighted by Crippen LogP contribution is 2.38. The number of nitrogens with one attached hydrogen (secondary N) is 1. The van der Waals surface area contributed by atoms with E-state index in [9.17, 15) is 14.4 Å². The van der Waals surface area contributed by atoms with Gasteiger partial charge in [-0.15, -0.1) is 11.3 Å². The fourth-order valence-electron chi connectivity index (χ4n) is 3.00. The van der Waals surface area contributed by atoms with Crippen LogP contribution in [0.4, 0.5) is 5.00 Å². The maximum absolute atomic E-state index is 12.6. The Labute approximate surface area is 166 Å². The van der Waals surface area contributed by atoms with Crippen LogP contribution < -0.4 is 5.32 Å². The summed E-state index contributed by atoms with van der Waals surface area (Å²) in [5, 5.41) is 3.55. The van der Waals surface area contributed by atoms with E-state index in [4.69, 9.17) is 16.3 Å². The lowest BCUT2D eigenvalue weighted by molar-refractivity contribution is -0.129. The summed E-state index contributed by atoms with van der Waals surface area (Å²) < 4.78 is 5.19. The Bertz CT molecular complexity index is 909. The molecule has 142 valence electrons. The normalized spacial score (nSPS) is 13.1. The molecule has 0 radical (unpaired) electrons. The minimum absolute atomic E-state index is 0.0200. The van der Waals surface area contributed by atoms with Crippen LogP contribution in [0.15, 0.2) is 24.3 Å². The van der Waals surface area contributed by atoms with Crippen LogP contribution in [0.25, 0.3) is 0 Å². The quantitative estimate of drug-likeness (QED) is 0.785. The van der Waals surface area contributed by atoms with Crippen molar-refractivity contribution in [2.45, 2.75) is 26.8 Å². The van der Waals surface area contributed by atoms with Crippen LogP contribution in [0.5, 0.6) is 0 Å². The highest BCUT2D eigenvalue weighted by atomic mass is 35.5. The number of nitrogens with zero attached hydrogens (tertiary/aromatic N) is 1. The van der Waals surface area contributed by atoms with Crippen molar-refractivity contribution < 1.29 is 19.1 Å². The van der Waals surface area contributed by atoms with Crippen LogP contribution in [-0.4, -0.2) is 35.8 Å². The van der Waals surface area contributed by atoms with E-state index in [1.54, 1.807) is 36.1 Å². The Morgan fingerprint density at radius 2 is 2.04 bits per heavy atom. The molecule has 0 aliphatic carbocycles. The molecule has 1 aliphatic rings. The van der Waals surface area contributed by atoms with Gasteiger partial charge in [-0.1, -0.05) is 23.7 Å². The van der Waals surface area contributed by atoms with Gasteiger partial charge in [-0.3, -0.25) is 9.59 Å². The van der Waals surface area contributed by atoms with Gasteiger partial charge < -0.3 is 15.0 Å². The van der Waals surface area contributed by atoms with E-state index in [1.807, 2.05) is 0 Å². The van der Waals surface area contributed by atoms with Crippen molar-refractivity contribution in [1.82, 2.24) is 4.90 Å². The smallest absolute Gasteiger partial charge is 0.341 e. The molecule has 6 nitrogen and oxygen atoms in total. The first kappa shape index (κ1) is 19.4. The van der Waals surface area contributed by atoms with Gasteiger partial charge in [0.2, 0.25) is 5.91 Å². The van der Waals surface area contributed by atoms with Gasteiger partial charge in [0.15, 0.2) is 0 Å². The van der Waals surface area contributed by atoms with Gasteiger partial charge in [0.1, 0.15) is 5.00 Å². The third kappa shape index (κ3) is 3.99. The maximum atomic E-state index is 12.6. The molecule has 0 bridgehead atoms. The molecule has 0 saturated carbocycles. The van der Waals surface area contributed by atoms with Crippen molar-refractivity contribution in [2.24, 2.45) is 0 Å². The molecule has 1 aromatic heterocycles. The summed E-state index contributed by atoms with van der Waals surface area (Å²) >= 11 is 7.40. The molecule has 0 atom stereocenters. The Morgan fingerprint density at radius 1 is 1.30 bits per heavy atom. The summed E-state index contributed by atoms with van der Waals surface area (Å²) in [6, 6.07) is 6.71. The van der Waals surface area contributed by atoms with Crippen molar-refractivity contribution in [3.05, 3.63) is 50.9 Å². The summed E-state index contributed by atoms with van der Waals surface area (Å²) in [7, 11) is 0. The van der Waals surface area contributed by atoms with Gasteiger partial charge in [-0.05, 0) is 31.0 Å². The molecule has 1 aromatic carbocycles. The van der Waals surface area contributed by atoms with E-state index in [-0.39, 0.29) is 12.5 Å². The predicted octanol–water partition coefficient (Wildman–Crippen LogP) is 3.74. The number of halogens is 1. The predicted molar refractivity (Wildman–Crippen MR) is 104 cm³/mol. The molecule has 8 heteroatoms. The van der Waals surface area contributed by atoms with Gasteiger partial charge >= 0.3 is 5.97 Å². The second kappa shape index (κ2) is 8.10. The van der Waals surface area contributed by atoms with Crippen molar-refractivity contribution in [1.29, 1.82) is 0 Å². The largest absolute Gasteiger partial charge is 0.462 e. The minimum atomic E-state index is -0.472. The number of hydrogen-bond donors (Lipinski definition) is 1. The number of anilines is 1. The second-order valence-corrected chi connectivity index (χ2v) is 7.57. The first-order valence-electron chi connectivity index (χ1n) is 8.55. The van der Waals surface area contributed by atoms with Crippen molar-refractivity contribution in [3.8, 4) is 0 Å². The zero-order chi connectivity index (χ0) is 19.6. The molecule has 2 amide bonds. The van der Waals surface area contributed by atoms with Gasteiger partial charge in [0.05, 0.1) is 29.3 Å². The van der Waals surface area contributed by atoms with Gasteiger partial charge in [-0.2, -0.15) is 0 Å². The molecule has 3 rings (SSSR count). The van der Waals surface area contributed by atoms with E-state index < -0.39 is 11.9 Å². The van der Waals surface area contributed by atoms with Crippen LogP contribution in [0, 0.1) is 0 Å². The Morgan fingerprint density at radius 3 is 2.70 bits per heavy atom. The summed E-state index contributed by atoms with van der Waals surface area (Å²) in [5.74, 6) is -0.887. The minimum Gasteiger partial charge on any atom is -0.462 e. The molecule has 2 aromatic rings. The Hall–Kier alpha value is -2.38. The zero-order valence-electron chi connectivity index (χ0n) is 15.0. The lowest BCUT2D eigenvalue weighted by atomic mass is 10.0. The number of thiophene rings is 1. The number of amides is 2. The van der Waals surface area contributed by atoms with Gasteiger partial charge in [0, 0.05) is 18.3 Å². The highest BCUT2D eigenvalue weighted by Gasteiger charge is 2.30. The maximum Gasteiger partial charge on any atom is 0.341 e. The molecule has 1 aliphatic heterocycles.